The lowest BCUT2D eigenvalue weighted by Crippen LogP contribution is -2.37. The van der Waals surface area contributed by atoms with Crippen LogP contribution in [0.4, 0.5) is 4.79 Å². The molecule has 1 atom stereocenters. The van der Waals surface area contributed by atoms with E-state index in [1.54, 1.807) is 0 Å². The number of aliphatic hydroxyl groups is 1. The zero-order valence-corrected chi connectivity index (χ0v) is 12.9. The molecule has 0 saturated carbocycles. The van der Waals surface area contributed by atoms with Gasteiger partial charge in [0.1, 0.15) is 0 Å². The maximum absolute atomic E-state index is 11.6. The highest BCUT2D eigenvalue weighted by atomic mass is 16.3. The van der Waals surface area contributed by atoms with Gasteiger partial charge < -0.3 is 15.7 Å². The average molecular weight is 278 g/mol. The van der Waals surface area contributed by atoms with Crippen LogP contribution < -0.4 is 10.6 Å². The van der Waals surface area contributed by atoms with E-state index in [1.165, 1.54) is 11.1 Å². The topological polar surface area (TPSA) is 61.4 Å². The summed E-state index contributed by atoms with van der Waals surface area (Å²) in [4.78, 5) is 11.6. The number of nitrogens with one attached hydrogen (secondary N) is 2. The van der Waals surface area contributed by atoms with E-state index in [0.29, 0.717) is 19.5 Å². The molecule has 0 spiro atoms. The molecule has 0 bridgehead atoms. The van der Waals surface area contributed by atoms with E-state index in [2.05, 4.69) is 23.6 Å². The molecule has 0 aliphatic rings. The Balaban J connectivity index is 2.29. The van der Waals surface area contributed by atoms with Gasteiger partial charge in [0.25, 0.3) is 0 Å². The van der Waals surface area contributed by atoms with Gasteiger partial charge in [0.2, 0.25) is 0 Å². The molecule has 20 heavy (non-hydrogen) atoms. The summed E-state index contributed by atoms with van der Waals surface area (Å²) in [5.41, 5.74) is 3.52. The van der Waals surface area contributed by atoms with Gasteiger partial charge in [-0.15, -0.1) is 0 Å². The average Bonchev–Trinajstić information content (AvgIpc) is 2.37. The van der Waals surface area contributed by atoms with Crippen LogP contribution in [0.2, 0.25) is 0 Å². The lowest BCUT2D eigenvalue weighted by molar-refractivity contribution is 0.116. The Morgan fingerprint density at radius 1 is 1.25 bits per heavy atom. The van der Waals surface area contributed by atoms with Gasteiger partial charge in [0, 0.05) is 13.1 Å². The number of hydrogen-bond acceptors (Lipinski definition) is 2. The molecule has 1 aromatic carbocycles. The predicted octanol–water partition coefficient (Wildman–Crippen LogP) is 2.51. The number of carbonyl (C=O) groups excluding carboxylic acids is 1. The lowest BCUT2D eigenvalue weighted by Gasteiger charge is -2.15. The third kappa shape index (κ3) is 5.61. The molecule has 1 rings (SSSR count). The monoisotopic (exact) mass is 278 g/mol. The van der Waals surface area contributed by atoms with E-state index in [-0.39, 0.29) is 18.1 Å². The Labute approximate surface area is 121 Å². The van der Waals surface area contributed by atoms with Crippen molar-refractivity contribution < 1.29 is 9.90 Å². The molecule has 0 saturated heterocycles. The van der Waals surface area contributed by atoms with Crippen LogP contribution in [-0.4, -0.2) is 23.8 Å². The summed E-state index contributed by atoms with van der Waals surface area (Å²) in [6, 6.07) is 5.99. The minimum absolute atomic E-state index is 0.194. The van der Waals surface area contributed by atoms with Crippen LogP contribution in [0.25, 0.3) is 0 Å². The highest BCUT2D eigenvalue weighted by molar-refractivity contribution is 5.73. The summed E-state index contributed by atoms with van der Waals surface area (Å²) in [5, 5.41) is 15.2. The standard InChI is InChI=1S/C16H26N2O2/c1-11(2)15(19)7-8-17-16(20)18-10-14-6-5-12(3)9-13(14)4/h5-6,9,11,15,19H,7-8,10H2,1-4H3,(H2,17,18,20). The minimum atomic E-state index is -0.366. The van der Waals surface area contributed by atoms with Crippen molar-refractivity contribution in [1.29, 1.82) is 0 Å². The zero-order valence-electron chi connectivity index (χ0n) is 12.9. The van der Waals surface area contributed by atoms with Gasteiger partial charge in [0.05, 0.1) is 6.10 Å². The summed E-state index contributed by atoms with van der Waals surface area (Å²) >= 11 is 0. The molecule has 112 valence electrons. The van der Waals surface area contributed by atoms with Gasteiger partial charge in [-0.05, 0) is 37.3 Å². The molecular weight excluding hydrogens is 252 g/mol. The number of benzene rings is 1. The van der Waals surface area contributed by atoms with Crippen molar-refractivity contribution in [1.82, 2.24) is 10.6 Å². The molecular formula is C16H26N2O2. The molecule has 0 radical (unpaired) electrons. The van der Waals surface area contributed by atoms with Crippen molar-refractivity contribution in [3.8, 4) is 0 Å². The maximum Gasteiger partial charge on any atom is 0.315 e. The molecule has 2 amide bonds. The SMILES string of the molecule is Cc1ccc(CNC(=O)NCCC(O)C(C)C)c(C)c1. The molecule has 0 aliphatic heterocycles. The second-order valence-electron chi connectivity index (χ2n) is 5.64. The lowest BCUT2D eigenvalue weighted by atomic mass is 10.0. The first kappa shape index (κ1) is 16.5. The van der Waals surface area contributed by atoms with Crippen LogP contribution in [0, 0.1) is 19.8 Å². The third-order valence-corrected chi connectivity index (χ3v) is 3.43. The highest BCUT2D eigenvalue weighted by Gasteiger charge is 2.09. The van der Waals surface area contributed by atoms with Crippen LogP contribution in [0.15, 0.2) is 18.2 Å². The molecule has 1 unspecified atom stereocenters. The highest BCUT2D eigenvalue weighted by Crippen LogP contribution is 2.10. The first-order chi connectivity index (χ1) is 9.40. The largest absolute Gasteiger partial charge is 0.393 e. The Kier molecular flexibility index (Phi) is 6.52. The van der Waals surface area contributed by atoms with Crippen molar-refractivity contribution in [2.24, 2.45) is 5.92 Å². The quantitative estimate of drug-likeness (QED) is 0.748. The van der Waals surface area contributed by atoms with E-state index in [9.17, 15) is 9.90 Å². The predicted molar refractivity (Wildman–Crippen MR) is 81.6 cm³/mol. The minimum Gasteiger partial charge on any atom is -0.393 e. The van der Waals surface area contributed by atoms with Gasteiger partial charge >= 0.3 is 6.03 Å². The molecule has 0 aromatic heterocycles. The van der Waals surface area contributed by atoms with Crippen molar-refractivity contribution >= 4 is 6.03 Å². The van der Waals surface area contributed by atoms with Gasteiger partial charge in [0.15, 0.2) is 0 Å². The van der Waals surface area contributed by atoms with Crippen molar-refractivity contribution in [3.05, 3.63) is 34.9 Å². The second kappa shape index (κ2) is 7.90. The van der Waals surface area contributed by atoms with Gasteiger partial charge in [-0.2, -0.15) is 0 Å². The smallest absolute Gasteiger partial charge is 0.315 e. The number of aryl methyl sites for hydroxylation is 2. The summed E-state index contributed by atoms with van der Waals surface area (Å²) in [6.45, 7) is 9.02. The Hall–Kier alpha value is -1.55. The number of carbonyl (C=O) groups is 1. The van der Waals surface area contributed by atoms with Crippen LogP contribution in [0.1, 0.15) is 37.0 Å². The number of aliphatic hydroxyl groups excluding tert-OH is 1. The van der Waals surface area contributed by atoms with E-state index >= 15 is 0 Å². The summed E-state index contributed by atoms with van der Waals surface area (Å²) < 4.78 is 0. The molecule has 0 aliphatic carbocycles. The summed E-state index contributed by atoms with van der Waals surface area (Å²) in [7, 11) is 0. The summed E-state index contributed by atoms with van der Waals surface area (Å²) in [6.07, 6.45) is 0.212. The molecule has 4 nitrogen and oxygen atoms in total. The number of amides is 2. The van der Waals surface area contributed by atoms with Crippen LogP contribution in [0.3, 0.4) is 0 Å². The third-order valence-electron chi connectivity index (χ3n) is 3.43. The fraction of sp³-hybridized carbons (Fsp3) is 0.562. The van der Waals surface area contributed by atoms with E-state index < -0.39 is 0 Å². The van der Waals surface area contributed by atoms with E-state index in [0.717, 1.165) is 5.56 Å². The molecule has 0 fully saturated rings. The van der Waals surface area contributed by atoms with Crippen molar-refractivity contribution in [3.63, 3.8) is 0 Å². The Morgan fingerprint density at radius 2 is 1.95 bits per heavy atom. The first-order valence-corrected chi connectivity index (χ1v) is 7.16. The van der Waals surface area contributed by atoms with E-state index in [1.807, 2.05) is 32.9 Å². The zero-order chi connectivity index (χ0) is 15.1. The van der Waals surface area contributed by atoms with Crippen LogP contribution in [-0.2, 0) is 6.54 Å². The van der Waals surface area contributed by atoms with Crippen LogP contribution >= 0.6 is 0 Å². The summed E-state index contributed by atoms with van der Waals surface area (Å²) in [5.74, 6) is 0.218. The van der Waals surface area contributed by atoms with Crippen LogP contribution in [0.5, 0.6) is 0 Å². The fourth-order valence-electron chi connectivity index (χ4n) is 1.95. The second-order valence-corrected chi connectivity index (χ2v) is 5.64. The molecule has 0 heterocycles. The number of urea groups is 1. The Morgan fingerprint density at radius 3 is 2.55 bits per heavy atom. The molecule has 1 aromatic rings. The van der Waals surface area contributed by atoms with Gasteiger partial charge in [-0.1, -0.05) is 37.6 Å². The van der Waals surface area contributed by atoms with Gasteiger partial charge in [-0.25, -0.2) is 4.79 Å². The molecule has 3 N–H and O–H groups in total. The fourth-order valence-corrected chi connectivity index (χ4v) is 1.95. The number of rotatable bonds is 6. The first-order valence-electron chi connectivity index (χ1n) is 7.16. The number of hydrogen-bond donors (Lipinski definition) is 3. The maximum atomic E-state index is 11.6. The van der Waals surface area contributed by atoms with Crippen molar-refractivity contribution in [2.75, 3.05) is 6.54 Å². The Bertz CT molecular complexity index is 444. The van der Waals surface area contributed by atoms with Crippen molar-refractivity contribution in [2.45, 2.75) is 46.8 Å². The van der Waals surface area contributed by atoms with E-state index in [4.69, 9.17) is 0 Å². The van der Waals surface area contributed by atoms with Gasteiger partial charge in [-0.3, -0.25) is 0 Å². The normalized spacial score (nSPS) is 12.3. The molecule has 4 heteroatoms.